The van der Waals surface area contributed by atoms with Gasteiger partial charge in [-0.15, -0.1) is 11.3 Å². The molecule has 0 aliphatic rings. The first kappa shape index (κ1) is 18.8. The molecule has 0 atom stereocenters. The SMILES string of the molecule is Cc1ccc(-c2cnc(CCC(=O)NCCc3nc(C(=O)O)cs3)o2)cc1. The average Bonchev–Trinajstić information content (AvgIpc) is 3.30. The Morgan fingerprint density at radius 2 is 2.00 bits per heavy atom. The summed E-state index contributed by atoms with van der Waals surface area (Å²) >= 11 is 1.27. The first-order chi connectivity index (χ1) is 13.0. The molecule has 1 amide bonds. The number of aryl methyl sites for hydroxylation is 2. The largest absolute Gasteiger partial charge is 0.476 e. The summed E-state index contributed by atoms with van der Waals surface area (Å²) < 4.78 is 5.70. The van der Waals surface area contributed by atoms with Crippen molar-refractivity contribution in [1.82, 2.24) is 15.3 Å². The van der Waals surface area contributed by atoms with Gasteiger partial charge in [0.25, 0.3) is 0 Å². The lowest BCUT2D eigenvalue weighted by Crippen LogP contribution is -2.25. The van der Waals surface area contributed by atoms with E-state index in [4.69, 9.17) is 9.52 Å². The van der Waals surface area contributed by atoms with Crippen LogP contribution in [0, 0.1) is 6.92 Å². The van der Waals surface area contributed by atoms with E-state index in [1.165, 1.54) is 22.3 Å². The van der Waals surface area contributed by atoms with Gasteiger partial charge in [0.1, 0.15) is 0 Å². The van der Waals surface area contributed by atoms with Gasteiger partial charge in [0.05, 0.1) is 11.2 Å². The lowest BCUT2D eigenvalue weighted by atomic mass is 10.1. The number of aromatic carboxylic acids is 1. The molecule has 0 unspecified atom stereocenters. The third-order valence-corrected chi connectivity index (χ3v) is 4.80. The van der Waals surface area contributed by atoms with Crippen molar-refractivity contribution in [2.24, 2.45) is 0 Å². The van der Waals surface area contributed by atoms with Crippen LogP contribution in [0.25, 0.3) is 11.3 Å². The van der Waals surface area contributed by atoms with Crippen LogP contribution >= 0.6 is 11.3 Å². The molecular formula is C19H19N3O4S. The van der Waals surface area contributed by atoms with Crippen molar-refractivity contribution in [1.29, 1.82) is 0 Å². The maximum Gasteiger partial charge on any atom is 0.355 e. The number of nitrogens with zero attached hydrogens (tertiary/aromatic N) is 2. The number of aromatic nitrogens is 2. The van der Waals surface area contributed by atoms with Crippen molar-refractivity contribution in [2.75, 3.05) is 6.54 Å². The maximum atomic E-state index is 11.9. The Morgan fingerprint density at radius 3 is 2.70 bits per heavy atom. The molecule has 0 bridgehead atoms. The smallest absolute Gasteiger partial charge is 0.355 e. The van der Waals surface area contributed by atoms with E-state index in [0.29, 0.717) is 36.0 Å². The van der Waals surface area contributed by atoms with E-state index in [2.05, 4.69) is 15.3 Å². The molecule has 0 aliphatic heterocycles. The van der Waals surface area contributed by atoms with Crippen LogP contribution in [0.3, 0.4) is 0 Å². The van der Waals surface area contributed by atoms with Crippen LogP contribution in [0.15, 0.2) is 40.3 Å². The molecule has 8 heteroatoms. The van der Waals surface area contributed by atoms with Crippen molar-refractivity contribution in [3.05, 3.63) is 58.0 Å². The van der Waals surface area contributed by atoms with Gasteiger partial charge >= 0.3 is 5.97 Å². The van der Waals surface area contributed by atoms with Crippen molar-refractivity contribution in [3.63, 3.8) is 0 Å². The number of hydrogen-bond donors (Lipinski definition) is 2. The molecule has 0 saturated carbocycles. The molecule has 2 aromatic heterocycles. The summed E-state index contributed by atoms with van der Waals surface area (Å²) in [5.41, 5.74) is 2.16. The molecule has 0 fully saturated rings. The minimum absolute atomic E-state index is 0.0367. The van der Waals surface area contributed by atoms with Crippen molar-refractivity contribution < 1.29 is 19.1 Å². The Labute approximate surface area is 160 Å². The second kappa shape index (κ2) is 8.59. The Balaban J connectivity index is 1.42. The summed E-state index contributed by atoms with van der Waals surface area (Å²) in [6, 6.07) is 7.96. The molecule has 3 aromatic rings. The zero-order valence-corrected chi connectivity index (χ0v) is 15.6. The molecule has 2 N–H and O–H groups in total. The molecule has 0 aliphatic carbocycles. The van der Waals surface area contributed by atoms with Crippen LogP contribution in [-0.4, -0.2) is 33.5 Å². The van der Waals surface area contributed by atoms with Gasteiger partial charge in [-0.3, -0.25) is 4.79 Å². The minimum Gasteiger partial charge on any atom is -0.476 e. The van der Waals surface area contributed by atoms with Gasteiger partial charge in [-0.05, 0) is 6.92 Å². The molecule has 7 nitrogen and oxygen atoms in total. The van der Waals surface area contributed by atoms with Crippen LogP contribution in [0.2, 0.25) is 0 Å². The Bertz CT molecular complexity index is 931. The van der Waals surface area contributed by atoms with E-state index in [-0.39, 0.29) is 18.0 Å². The number of carbonyl (C=O) groups is 2. The number of oxazole rings is 1. The summed E-state index contributed by atoms with van der Waals surface area (Å²) in [5.74, 6) is 0.0488. The number of carbonyl (C=O) groups excluding carboxylic acids is 1. The van der Waals surface area contributed by atoms with Crippen molar-refractivity contribution >= 4 is 23.2 Å². The van der Waals surface area contributed by atoms with Crippen LogP contribution < -0.4 is 5.32 Å². The fraction of sp³-hybridized carbons (Fsp3) is 0.263. The minimum atomic E-state index is -1.04. The second-order valence-corrected chi connectivity index (χ2v) is 6.96. The van der Waals surface area contributed by atoms with Gasteiger partial charge in [-0.1, -0.05) is 29.8 Å². The number of rotatable bonds is 8. The molecule has 0 saturated heterocycles. The van der Waals surface area contributed by atoms with Gasteiger partial charge in [-0.2, -0.15) is 0 Å². The fourth-order valence-corrected chi connectivity index (χ4v) is 3.19. The lowest BCUT2D eigenvalue weighted by Gasteiger charge is -2.02. The van der Waals surface area contributed by atoms with E-state index >= 15 is 0 Å². The quantitative estimate of drug-likeness (QED) is 0.617. The Kier molecular flexibility index (Phi) is 5.97. The predicted molar refractivity (Wildman–Crippen MR) is 101 cm³/mol. The predicted octanol–water partition coefficient (Wildman–Crippen LogP) is 3.10. The molecule has 3 rings (SSSR count). The lowest BCUT2D eigenvalue weighted by molar-refractivity contribution is -0.121. The summed E-state index contributed by atoms with van der Waals surface area (Å²) in [6.45, 7) is 2.43. The van der Waals surface area contributed by atoms with E-state index in [1.54, 1.807) is 6.20 Å². The van der Waals surface area contributed by atoms with Gasteiger partial charge in [0.15, 0.2) is 17.3 Å². The molecular weight excluding hydrogens is 366 g/mol. The standard InChI is InChI=1S/C19H19N3O4S/c1-12-2-4-13(5-3-12)15-10-21-17(26-15)7-6-16(23)20-9-8-18-22-14(11-27-18)19(24)25/h2-5,10-11H,6-9H2,1H3,(H,20,23)(H,24,25). The highest BCUT2D eigenvalue weighted by Crippen LogP contribution is 2.21. The van der Waals surface area contributed by atoms with Crippen LogP contribution in [-0.2, 0) is 17.6 Å². The number of carboxylic acid groups (broad SMARTS) is 1. The topological polar surface area (TPSA) is 105 Å². The first-order valence-corrected chi connectivity index (χ1v) is 9.35. The van der Waals surface area contributed by atoms with Gasteiger partial charge in [0, 0.05) is 36.8 Å². The zero-order valence-electron chi connectivity index (χ0n) is 14.8. The van der Waals surface area contributed by atoms with Crippen LogP contribution in [0.4, 0.5) is 0 Å². The highest BCUT2D eigenvalue weighted by Gasteiger charge is 2.11. The molecule has 0 radical (unpaired) electrons. The number of amides is 1. The number of nitrogens with one attached hydrogen (secondary N) is 1. The maximum absolute atomic E-state index is 11.9. The van der Waals surface area contributed by atoms with Crippen LogP contribution in [0.5, 0.6) is 0 Å². The summed E-state index contributed by atoms with van der Waals surface area (Å²) in [4.78, 5) is 30.9. The summed E-state index contributed by atoms with van der Waals surface area (Å²) in [7, 11) is 0. The molecule has 1 aromatic carbocycles. The second-order valence-electron chi connectivity index (χ2n) is 6.02. The molecule has 2 heterocycles. The number of hydrogen-bond acceptors (Lipinski definition) is 6. The first-order valence-electron chi connectivity index (χ1n) is 8.47. The zero-order chi connectivity index (χ0) is 19.2. The number of benzene rings is 1. The normalized spacial score (nSPS) is 10.7. The van der Waals surface area contributed by atoms with E-state index in [9.17, 15) is 9.59 Å². The average molecular weight is 385 g/mol. The van der Waals surface area contributed by atoms with Gasteiger partial charge < -0.3 is 14.8 Å². The fourth-order valence-electron chi connectivity index (χ4n) is 2.42. The van der Waals surface area contributed by atoms with Gasteiger partial charge in [-0.25, -0.2) is 14.8 Å². The molecule has 140 valence electrons. The highest BCUT2D eigenvalue weighted by molar-refractivity contribution is 7.09. The highest BCUT2D eigenvalue weighted by atomic mass is 32.1. The molecule has 0 spiro atoms. The van der Waals surface area contributed by atoms with Crippen molar-refractivity contribution in [2.45, 2.75) is 26.2 Å². The number of thiazole rings is 1. The van der Waals surface area contributed by atoms with Gasteiger partial charge in [0.2, 0.25) is 5.91 Å². The summed E-state index contributed by atoms with van der Waals surface area (Å²) in [5, 5.41) is 13.8. The Morgan fingerprint density at radius 1 is 1.22 bits per heavy atom. The van der Waals surface area contributed by atoms with E-state index < -0.39 is 5.97 Å². The summed E-state index contributed by atoms with van der Waals surface area (Å²) in [6.07, 6.45) is 2.85. The van der Waals surface area contributed by atoms with E-state index in [0.717, 1.165) is 5.56 Å². The third-order valence-electron chi connectivity index (χ3n) is 3.89. The third kappa shape index (κ3) is 5.24. The van der Waals surface area contributed by atoms with E-state index in [1.807, 2.05) is 31.2 Å². The number of carboxylic acids is 1. The monoisotopic (exact) mass is 385 g/mol. The molecule has 27 heavy (non-hydrogen) atoms. The van der Waals surface area contributed by atoms with Crippen LogP contribution in [0.1, 0.15) is 33.4 Å². The van der Waals surface area contributed by atoms with Crippen molar-refractivity contribution in [3.8, 4) is 11.3 Å². The Hall–Kier alpha value is -3.00.